The highest BCUT2D eigenvalue weighted by atomic mass is 16.7. The number of esters is 1. The summed E-state index contributed by atoms with van der Waals surface area (Å²) in [6, 6.07) is 8.71. The topological polar surface area (TPSA) is 74.2 Å². The van der Waals surface area contributed by atoms with E-state index in [9.17, 15) is 9.90 Å². The minimum Gasteiger partial charge on any atom is -0.453 e. The first-order valence-corrected chi connectivity index (χ1v) is 6.44. The van der Waals surface area contributed by atoms with E-state index >= 15 is 0 Å². The Balaban J connectivity index is 1.66. The first-order chi connectivity index (χ1) is 9.70. The maximum absolute atomic E-state index is 12.0. The molecule has 1 aromatic rings. The summed E-state index contributed by atoms with van der Waals surface area (Å²) in [5, 5.41) is 9.91. The monoisotopic (exact) mass is 280 g/mol. The number of carbonyl (C=O) groups excluding carboxylic acids is 1. The zero-order valence-electron chi connectivity index (χ0n) is 11.0. The number of aliphatic hydroxyl groups excluding tert-OH is 1. The number of benzene rings is 1. The van der Waals surface area contributed by atoms with Crippen LogP contribution in [-0.4, -0.2) is 55.5 Å². The van der Waals surface area contributed by atoms with E-state index in [0.29, 0.717) is 5.56 Å². The van der Waals surface area contributed by atoms with Gasteiger partial charge in [0.2, 0.25) is 0 Å². The smallest absolute Gasteiger partial charge is 0.338 e. The van der Waals surface area contributed by atoms with Crippen molar-refractivity contribution >= 4 is 5.97 Å². The molecule has 0 spiro atoms. The molecule has 0 aromatic heterocycles. The highest BCUT2D eigenvalue weighted by Crippen LogP contribution is 2.33. The normalized spacial score (nSPS) is 35.8. The summed E-state index contributed by atoms with van der Waals surface area (Å²) in [4.78, 5) is 12.0. The molecular formula is C14H16O6. The maximum atomic E-state index is 12.0. The lowest BCUT2D eigenvalue weighted by Crippen LogP contribution is -2.34. The fourth-order valence-electron chi connectivity index (χ4n) is 2.53. The summed E-state index contributed by atoms with van der Waals surface area (Å²) >= 11 is 0. The van der Waals surface area contributed by atoms with E-state index in [1.807, 2.05) is 6.07 Å². The van der Waals surface area contributed by atoms with Gasteiger partial charge in [0.1, 0.15) is 18.3 Å². The van der Waals surface area contributed by atoms with Crippen molar-refractivity contribution in [3.05, 3.63) is 35.9 Å². The lowest BCUT2D eigenvalue weighted by atomic mass is 10.1. The Morgan fingerprint density at radius 2 is 2.05 bits per heavy atom. The highest BCUT2D eigenvalue weighted by Gasteiger charge is 2.53. The van der Waals surface area contributed by atoms with Crippen molar-refractivity contribution in [2.24, 2.45) is 0 Å². The minimum absolute atomic E-state index is 0.210. The van der Waals surface area contributed by atoms with Crippen LogP contribution in [0, 0.1) is 0 Å². The Hall–Kier alpha value is -1.47. The number of fused-ring (bicyclic) bond motifs is 1. The van der Waals surface area contributed by atoms with Crippen molar-refractivity contribution in [3.63, 3.8) is 0 Å². The van der Waals surface area contributed by atoms with E-state index in [0.717, 1.165) is 0 Å². The highest BCUT2D eigenvalue weighted by molar-refractivity contribution is 5.89. The van der Waals surface area contributed by atoms with Gasteiger partial charge in [-0.3, -0.25) is 0 Å². The average Bonchev–Trinajstić information content (AvgIpc) is 3.01. The van der Waals surface area contributed by atoms with Gasteiger partial charge in [-0.05, 0) is 12.1 Å². The second-order valence-electron chi connectivity index (χ2n) is 4.80. The molecule has 0 bridgehead atoms. The van der Waals surface area contributed by atoms with Crippen LogP contribution in [0.1, 0.15) is 10.4 Å². The summed E-state index contributed by atoms with van der Waals surface area (Å²) in [6.45, 7) is 0.210. The molecule has 2 aliphatic heterocycles. The molecular weight excluding hydrogens is 264 g/mol. The Kier molecular flexibility index (Phi) is 3.71. The van der Waals surface area contributed by atoms with E-state index in [4.69, 9.17) is 18.9 Å². The van der Waals surface area contributed by atoms with Crippen molar-refractivity contribution in [1.29, 1.82) is 0 Å². The summed E-state index contributed by atoms with van der Waals surface area (Å²) < 4.78 is 21.4. The number of aliphatic hydroxyl groups is 1. The third kappa shape index (κ3) is 2.31. The maximum Gasteiger partial charge on any atom is 0.338 e. The molecule has 1 N–H and O–H groups in total. The van der Waals surface area contributed by atoms with Crippen LogP contribution in [0.25, 0.3) is 0 Å². The van der Waals surface area contributed by atoms with E-state index in [1.54, 1.807) is 24.3 Å². The molecule has 0 unspecified atom stereocenters. The Morgan fingerprint density at radius 3 is 2.75 bits per heavy atom. The number of rotatable bonds is 3. The minimum atomic E-state index is -0.870. The number of ether oxygens (including phenoxy) is 4. The zero-order valence-corrected chi connectivity index (χ0v) is 11.0. The van der Waals surface area contributed by atoms with Crippen molar-refractivity contribution in [2.45, 2.75) is 30.7 Å². The molecule has 3 rings (SSSR count). The first kappa shape index (κ1) is 13.5. The largest absolute Gasteiger partial charge is 0.453 e. The number of methoxy groups -OCH3 is 1. The van der Waals surface area contributed by atoms with Gasteiger partial charge in [0.05, 0.1) is 12.2 Å². The molecule has 6 heteroatoms. The summed E-state index contributed by atoms with van der Waals surface area (Å²) in [6.07, 6.45) is -3.17. The molecule has 20 heavy (non-hydrogen) atoms. The number of hydrogen-bond acceptors (Lipinski definition) is 6. The molecule has 5 atom stereocenters. The van der Waals surface area contributed by atoms with Crippen molar-refractivity contribution in [3.8, 4) is 0 Å². The summed E-state index contributed by atoms with van der Waals surface area (Å²) in [7, 11) is 1.44. The molecule has 108 valence electrons. The van der Waals surface area contributed by atoms with Gasteiger partial charge >= 0.3 is 5.97 Å². The molecule has 0 saturated carbocycles. The van der Waals surface area contributed by atoms with Gasteiger partial charge in [-0.25, -0.2) is 4.79 Å². The number of hydrogen-bond donors (Lipinski definition) is 1. The van der Waals surface area contributed by atoms with E-state index < -0.39 is 36.7 Å². The lowest BCUT2D eigenvalue weighted by molar-refractivity contribution is -0.167. The fraction of sp³-hybridized carbons (Fsp3) is 0.500. The average molecular weight is 280 g/mol. The second-order valence-corrected chi connectivity index (χ2v) is 4.80. The van der Waals surface area contributed by atoms with E-state index in [2.05, 4.69) is 0 Å². The van der Waals surface area contributed by atoms with Crippen LogP contribution in [0.2, 0.25) is 0 Å². The van der Waals surface area contributed by atoms with Gasteiger partial charge in [-0.15, -0.1) is 0 Å². The summed E-state index contributed by atoms with van der Waals surface area (Å²) in [5.74, 6) is -0.432. The molecule has 2 saturated heterocycles. The van der Waals surface area contributed by atoms with Crippen molar-refractivity contribution in [2.75, 3.05) is 13.7 Å². The van der Waals surface area contributed by atoms with Gasteiger partial charge < -0.3 is 24.1 Å². The van der Waals surface area contributed by atoms with Gasteiger partial charge in [0, 0.05) is 7.11 Å². The standard InChI is InChI=1S/C14H16O6/c1-17-14-10(15)12-11(20-14)9(7-18-12)19-13(16)8-5-3-2-4-6-8/h2-6,9-12,14-15H,7H2,1H3/t9-,10-,11-,12-,14-/m1/s1. The van der Waals surface area contributed by atoms with Gasteiger partial charge in [-0.1, -0.05) is 18.2 Å². The molecule has 0 radical (unpaired) electrons. The third-order valence-corrected chi connectivity index (χ3v) is 3.55. The van der Waals surface area contributed by atoms with Crippen LogP contribution in [0.4, 0.5) is 0 Å². The van der Waals surface area contributed by atoms with Crippen LogP contribution in [0.5, 0.6) is 0 Å². The zero-order chi connectivity index (χ0) is 14.1. The fourth-order valence-corrected chi connectivity index (χ4v) is 2.53. The summed E-state index contributed by atoms with van der Waals surface area (Å²) in [5.41, 5.74) is 0.470. The van der Waals surface area contributed by atoms with Crippen LogP contribution in [0.3, 0.4) is 0 Å². The first-order valence-electron chi connectivity index (χ1n) is 6.44. The van der Waals surface area contributed by atoms with Crippen LogP contribution >= 0.6 is 0 Å². The van der Waals surface area contributed by atoms with Crippen LogP contribution in [0.15, 0.2) is 30.3 Å². The van der Waals surface area contributed by atoms with Gasteiger partial charge in [0.15, 0.2) is 12.4 Å². The van der Waals surface area contributed by atoms with E-state index in [1.165, 1.54) is 7.11 Å². The van der Waals surface area contributed by atoms with E-state index in [-0.39, 0.29) is 6.61 Å². The van der Waals surface area contributed by atoms with Crippen molar-refractivity contribution in [1.82, 2.24) is 0 Å². The Bertz CT molecular complexity index is 476. The Morgan fingerprint density at radius 1 is 1.30 bits per heavy atom. The van der Waals surface area contributed by atoms with Gasteiger partial charge in [-0.2, -0.15) is 0 Å². The lowest BCUT2D eigenvalue weighted by Gasteiger charge is -2.18. The molecule has 0 amide bonds. The van der Waals surface area contributed by atoms with Gasteiger partial charge in [0.25, 0.3) is 0 Å². The SMILES string of the molecule is CO[C@@H]1O[C@H]2[C@H](OC[C@H]2OC(=O)c2ccccc2)[C@H]1O. The van der Waals surface area contributed by atoms with Crippen LogP contribution in [-0.2, 0) is 18.9 Å². The predicted octanol–water partition coefficient (Wildman–Crippen LogP) is 0.343. The molecule has 2 heterocycles. The van der Waals surface area contributed by atoms with Crippen molar-refractivity contribution < 1.29 is 28.8 Å². The Labute approximate surface area is 116 Å². The molecule has 2 fully saturated rings. The molecule has 1 aromatic carbocycles. The molecule has 6 nitrogen and oxygen atoms in total. The predicted molar refractivity (Wildman–Crippen MR) is 67.1 cm³/mol. The third-order valence-electron chi connectivity index (χ3n) is 3.55. The number of carbonyl (C=O) groups is 1. The molecule has 2 aliphatic rings. The molecule has 0 aliphatic carbocycles. The van der Waals surface area contributed by atoms with Crippen LogP contribution < -0.4 is 0 Å². The quantitative estimate of drug-likeness (QED) is 0.805. The second kappa shape index (κ2) is 5.49.